The van der Waals surface area contributed by atoms with E-state index in [0.717, 1.165) is 32.1 Å². The smallest absolute Gasteiger partial charge is 0.462 e. The molecule has 2 atom stereocenters. The molecule has 332 valence electrons. The number of rotatable bonds is 43. The van der Waals surface area contributed by atoms with Crippen molar-refractivity contribution < 1.29 is 42.1 Å². The van der Waals surface area contributed by atoms with Crippen LogP contribution in [0.4, 0.5) is 0 Å². The van der Waals surface area contributed by atoms with E-state index in [2.05, 4.69) is 26.0 Å². The first-order valence-electron chi connectivity index (χ1n) is 23.4. The van der Waals surface area contributed by atoms with Gasteiger partial charge in [-0.15, -0.1) is 0 Å². The molecule has 0 heterocycles. The number of esters is 2. The maximum Gasteiger partial charge on any atom is 0.472 e. The van der Waals surface area contributed by atoms with E-state index in [1.165, 1.54) is 154 Å². The minimum Gasteiger partial charge on any atom is -0.462 e. The summed E-state index contributed by atoms with van der Waals surface area (Å²) in [6.45, 7) is 4.44. The van der Waals surface area contributed by atoms with Gasteiger partial charge in [0.2, 0.25) is 0 Å². The van der Waals surface area contributed by atoms with E-state index in [4.69, 9.17) is 18.5 Å². The van der Waals surface area contributed by atoms with Crippen LogP contribution in [0.1, 0.15) is 219 Å². The number of carbonyl (C=O) groups excluding carboxylic acids is 2. The third kappa shape index (κ3) is 42.4. The zero-order chi connectivity index (χ0) is 41.4. The molecule has 0 aliphatic carbocycles. The summed E-state index contributed by atoms with van der Waals surface area (Å²) in [5.74, 6) is -0.790. The van der Waals surface area contributed by atoms with Gasteiger partial charge in [0.05, 0.1) is 27.7 Å². The number of hydrogen-bond donors (Lipinski definition) is 1. The Bertz CT molecular complexity index is 969. The van der Waals surface area contributed by atoms with Crippen molar-refractivity contribution in [3.8, 4) is 0 Å². The molecule has 0 bridgehead atoms. The monoisotopic (exact) mass is 817 g/mol. The van der Waals surface area contributed by atoms with Gasteiger partial charge >= 0.3 is 19.8 Å². The summed E-state index contributed by atoms with van der Waals surface area (Å²) in [7, 11) is 1.49. The Kier molecular flexibility index (Phi) is 38.3. The molecule has 0 aliphatic rings. The van der Waals surface area contributed by atoms with E-state index in [1.54, 1.807) is 0 Å². The Morgan fingerprint density at radius 2 is 0.911 bits per heavy atom. The van der Waals surface area contributed by atoms with Crippen LogP contribution in [0.3, 0.4) is 0 Å². The third-order valence-electron chi connectivity index (χ3n) is 10.3. The van der Waals surface area contributed by atoms with Crippen molar-refractivity contribution in [1.82, 2.24) is 0 Å². The van der Waals surface area contributed by atoms with Gasteiger partial charge in [-0.2, -0.15) is 0 Å². The van der Waals surface area contributed by atoms with Crippen LogP contribution in [0.15, 0.2) is 12.2 Å². The van der Waals surface area contributed by atoms with Crippen LogP contribution in [0.25, 0.3) is 0 Å². The van der Waals surface area contributed by atoms with Gasteiger partial charge in [0.15, 0.2) is 6.10 Å². The van der Waals surface area contributed by atoms with Crippen LogP contribution in [-0.4, -0.2) is 74.9 Å². The number of unbranched alkanes of at least 4 members (excludes halogenated alkanes) is 27. The Hall–Kier alpha value is -1.25. The molecule has 0 aliphatic heterocycles. The number of hydrogen-bond acceptors (Lipinski definition) is 7. The highest BCUT2D eigenvalue weighted by Gasteiger charge is 2.27. The highest BCUT2D eigenvalue weighted by Crippen LogP contribution is 2.43. The molecule has 9 nitrogen and oxygen atoms in total. The molecule has 56 heavy (non-hydrogen) atoms. The van der Waals surface area contributed by atoms with Crippen LogP contribution in [0.5, 0.6) is 0 Å². The molecule has 0 saturated carbocycles. The summed E-state index contributed by atoms with van der Waals surface area (Å²) in [6.07, 6.45) is 41.1. The fraction of sp³-hybridized carbons (Fsp3) is 0.913. The number of allylic oxidation sites excluding steroid dienone is 2. The number of phosphoric acid groups is 1. The van der Waals surface area contributed by atoms with Crippen LogP contribution in [0.2, 0.25) is 0 Å². The average molecular weight is 817 g/mol. The normalized spacial score (nSPS) is 13.6. The molecule has 0 fully saturated rings. The fourth-order valence-corrected chi connectivity index (χ4v) is 7.34. The number of quaternary nitrogens is 1. The summed E-state index contributed by atoms with van der Waals surface area (Å²) >= 11 is 0. The largest absolute Gasteiger partial charge is 0.472 e. The summed E-state index contributed by atoms with van der Waals surface area (Å²) in [6, 6.07) is 0. The van der Waals surface area contributed by atoms with Gasteiger partial charge in [-0.25, -0.2) is 4.57 Å². The SMILES string of the molecule is CCCCCCCC/C=C/CCCCCCCCCCCC(=O)OC[C@@H](COP(=O)(O)OCC[N+](C)(C)C)OC(=O)CCCCCCCCCCCCCCC. The van der Waals surface area contributed by atoms with Crippen LogP contribution < -0.4 is 0 Å². The lowest BCUT2D eigenvalue weighted by Gasteiger charge is -2.24. The predicted molar refractivity (Wildman–Crippen MR) is 234 cm³/mol. The van der Waals surface area contributed by atoms with E-state index < -0.39 is 26.5 Å². The standard InChI is InChI=1S/C46H90NO8P/c1-6-8-10-12-14-16-18-20-21-22-23-24-25-27-28-30-32-34-36-38-45(48)52-42-44(43-54-56(50,51)53-41-40-47(3,4)5)55-46(49)39-37-35-33-31-29-26-19-17-15-13-11-9-7-2/h20-21,44H,6-19,22-43H2,1-5H3/p+1/b21-20+/t44-/m0/s1. The maximum atomic E-state index is 12.7. The van der Waals surface area contributed by atoms with Crippen LogP contribution >= 0.6 is 7.82 Å². The number of phosphoric ester groups is 1. The zero-order valence-corrected chi connectivity index (χ0v) is 38.3. The summed E-state index contributed by atoms with van der Waals surface area (Å²) in [5.41, 5.74) is 0. The Morgan fingerprint density at radius 1 is 0.536 bits per heavy atom. The molecule has 0 spiro atoms. The molecule has 0 aromatic rings. The van der Waals surface area contributed by atoms with Crippen LogP contribution in [0, 0.1) is 0 Å². The molecule has 1 N–H and O–H groups in total. The van der Waals surface area contributed by atoms with E-state index in [1.807, 2.05) is 21.1 Å². The molecule has 0 radical (unpaired) electrons. The molecule has 0 aromatic carbocycles. The molecule has 1 unspecified atom stereocenters. The molecule has 10 heteroatoms. The minimum absolute atomic E-state index is 0.0347. The number of ether oxygens (including phenoxy) is 2. The zero-order valence-electron chi connectivity index (χ0n) is 37.4. The maximum absolute atomic E-state index is 12.7. The summed E-state index contributed by atoms with van der Waals surface area (Å²) < 4.78 is 34.3. The summed E-state index contributed by atoms with van der Waals surface area (Å²) in [5, 5.41) is 0. The first-order valence-corrected chi connectivity index (χ1v) is 24.9. The topological polar surface area (TPSA) is 108 Å². The quantitative estimate of drug-likeness (QED) is 0.0213. The molecule has 0 amide bonds. The number of carbonyl (C=O) groups is 2. The van der Waals surface area contributed by atoms with E-state index in [0.29, 0.717) is 23.9 Å². The van der Waals surface area contributed by atoms with Crippen molar-refractivity contribution in [2.24, 2.45) is 0 Å². The predicted octanol–water partition coefficient (Wildman–Crippen LogP) is 13.4. The van der Waals surface area contributed by atoms with Gasteiger partial charge in [0.1, 0.15) is 19.8 Å². The van der Waals surface area contributed by atoms with Gasteiger partial charge in [0, 0.05) is 12.8 Å². The molecule has 0 aromatic heterocycles. The van der Waals surface area contributed by atoms with E-state index >= 15 is 0 Å². The Balaban J connectivity index is 4.26. The molecule has 0 rings (SSSR count). The fourth-order valence-electron chi connectivity index (χ4n) is 6.60. The van der Waals surface area contributed by atoms with Gasteiger partial charge in [-0.05, 0) is 38.5 Å². The minimum atomic E-state index is -4.37. The van der Waals surface area contributed by atoms with E-state index in [9.17, 15) is 19.0 Å². The van der Waals surface area contributed by atoms with Crippen molar-refractivity contribution in [2.45, 2.75) is 225 Å². The van der Waals surface area contributed by atoms with Gasteiger partial charge in [-0.1, -0.05) is 180 Å². The first-order chi connectivity index (χ1) is 27.0. The number of likely N-dealkylation sites (N-methyl/N-ethyl adjacent to an activating group) is 1. The van der Waals surface area contributed by atoms with Crippen molar-refractivity contribution >= 4 is 19.8 Å². The van der Waals surface area contributed by atoms with Gasteiger partial charge < -0.3 is 18.9 Å². The lowest BCUT2D eigenvalue weighted by Crippen LogP contribution is -2.37. The molecular weight excluding hydrogens is 725 g/mol. The second kappa shape index (κ2) is 39.2. The second-order valence-corrected chi connectivity index (χ2v) is 18.6. The van der Waals surface area contributed by atoms with Gasteiger partial charge in [0.25, 0.3) is 0 Å². The van der Waals surface area contributed by atoms with Crippen molar-refractivity contribution in [1.29, 1.82) is 0 Å². The number of nitrogens with zero attached hydrogens (tertiary/aromatic N) is 1. The third-order valence-corrected chi connectivity index (χ3v) is 11.3. The highest BCUT2D eigenvalue weighted by molar-refractivity contribution is 7.47. The Labute approximate surface area is 346 Å². The van der Waals surface area contributed by atoms with Crippen molar-refractivity contribution in [3.63, 3.8) is 0 Å². The second-order valence-electron chi connectivity index (χ2n) is 17.1. The van der Waals surface area contributed by atoms with Crippen molar-refractivity contribution in [3.05, 3.63) is 12.2 Å². The van der Waals surface area contributed by atoms with Crippen LogP contribution in [-0.2, 0) is 32.7 Å². The summed E-state index contributed by atoms with van der Waals surface area (Å²) in [4.78, 5) is 35.4. The van der Waals surface area contributed by atoms with Crippen molar-refractivity contribution in [2.75, 3.05) is 47.5 Å². The lowest BCUT2D eigenvalue weighted by atomic mass is 10.0. The van der Waals surface area contributed by atoms with Gasteiger partial charge in [-0.3, -0.25) is 18.6 Å². The molecular formula is C46H91NO8P+. The lowest BCUT2D eigenvalue weighted by molar-refractivity contribution is -0.870. The first kappa shape index (κ1) is 54.8. The average Bonchev–Trinajstić information content (AvgIpc) is 3.15. The highest BCUT2D eigenvalue weighted by atomic mass is 31.2. The molecule has 0 saturated heterocycles. The Morgan fingerprint density at radius 3 is 1.32 bits per heavy atom. The van der Waals surface area contributed by atoms with E-state index in [-0.39, 0.29) is 25.6 Å².